The minimum Gasteiger partial charge on any atom is -0.481 e. The fourth-order valence-electron chi connectivity index (χ4n) is 1.37. The number of H-pyrrole nitrogens is 1. The monoisotopic (exact) mass is 191 g/mol. The second kappa shape index (κ2) is 3.45. The molecule has 0 radical (unpaired) electrons. The number of hydrogen-bond acceptors (Lipinski definition) is 3. The summed E-state index contributed by atoms with van der Waals surface area (Å²) in [6, 6.07) is 5.55. The molecular formula is C9H9N3O2. The number of hydrogen-bond donors (Lipinski definition) is 2. The largest absolute Gasteiger partial charge is 0.481 e. The molecule has 2 aromatic rings. The number of nitrogens with one attached hydrogen (secondary N) is 1. The molecule has 14 heavy (non-hydrogen) atoms. The lowest BCUT2D eigenvalue weighted by Crippen LogP contribution is -1.97. The maximum atomic E-state index is 10.4. The number of carboxylic acid groups (broad SMARTS) is 1. The molecular weight excluding hydrogens is 182 g/mol. The highest BCUT2D eigenvalue weighted by Crippen LogP contribution is 2.14. The Kier molecular flexibility index (Phi) is 2.14. The van der Waals surface area contributed by atoms with Crippen molar-refractivity contribution in [3.63, 3.8) is 0 Å². The van der Waals surface area contributed by atoms with Crippen molar-refractivity contribution in [2.75, 3.05) is 0 Å². The highest BCUT2D eigenvalue weighted by Gasteiger charge is 2.05. The van der Waals surface area contributed by atoms with Gasteiger partial charge in [-0.25, -0.2) is 0 Å². The van der Waals surface area contributed by atoms with Crippen LogP contribution in [0.5, 0.6) is 0 Å². The fraction of sp³-hybridized carbons (Fsp3) is 0.222. The number of aryl methyl sites for hydroxylation is 1. The van der Waals surface area contributed by atoms with Crippen LogP contribution in [0.15, 0.2) is 18.2 Å². The number of aromatic nitrogens is 3. The lowest BCUT2D eigenvalue weighted by Gasteiger charge is -1.97. The van der Waals surface area contributed by atoms with E-state index in [1.165, 1.54) is 0 Å². The minimum absolute atomic E-state index is 0.117. The Morgan fingerprint density at radius 2 is 2.29 bits per heavy atom. The Bertz CT molecular complexity index is 464. The van der Waals surface area contributed by atoms with Gasteiger partial charge < -0.3 is 5.11 Å². The van der Waals surface area contributed by atoms with Crippen LogP contribution in [0.25, 0.3) is 11.0 Å². The van der Waals surface area contributed by atoms with Gasteiger partial charge in [-0.05, 0) is 18.1 Å². The molecule has 1 heterocycles. The van der Waals surface area contributed by atoms with Crippen molar-refractivity contribution in [3.05, 3.63) is 23.8 Å². The van der Waals surface area contributed by atoms with E-state index in [0.29, 0.717) is 6.42 Å². The molecule has 0 unspecified atom stereocenters. The zero-order valence-corrected chi connectivity index (χ0v) is 7.40. The van der Waals surface area contributed by atoms with Crippen LogP contribution in [0.1, 0.15) is 12.0 Å². The summed E-state index contributed by atoms with van der Waals surface area (Å²) < 4.78 is 0. The zero-order valence-electron chi connectivity index (χ0n) is 7.40. The molecule has 0 aliphatic rings. The van der Waals surface area contributed by atoms with Gasteiger partial charge in [0.25, 0.3) is 0 Å². The number of carboxylic acids is 1. The maximum Gasteiger partial charge on any atom is 0.303 e. The van der Waals surface area contributed by atoms with Gasteiger partial charge in [-0.3, -0.25) is 4.79 Å². The number of nitrogens with zero attached hydrogens (tertiary/aromatic N) is 2. The van der Waals surface area contributed by atoms with E-state index in [9.17, 15) is 4.79 Å². The Balaban J connectivity index is 2.32. The van der Waals surface area contributed by atoms with Gasteiger partial charge in [-0.15, -0.1) is 0 Å². The first kappa shape index (κ1) is 8.68. The first-order chi connectivity index (χ1) is 6.77. The van der Waals surface area contributed by atoms with Crippen molar-refractivity contribution in [2.24, 2.45) is 0 Å². The molecule has 0 amide bonds. The average Bonchev–Trinajstić information content (AvgIpc) is 2.62. The number of carbonyl (C=O) groups is 1. The standard InChI is InChI=1S/C9H9N3O2/c13-8(14)5-4-6-2-1-3-7-9(6)11-12-10-7/h1-3H,4-5H2,(H,13,14)(H,10,11,12). The van der Waals surface area contributed by atoms with Crippen molar-refractivity contribution in [3.8, 4) is 0 Å². The highest BCUT2D eigenvalue weighted by molar-refractivity contribution is 5.78. The second-order valence-electron chi connectivity index (χ2n) is 3.00. The summed E-state index contributed by atoms with van der Waals surface area (Å²) in [5.41, 5.74) is 2.44. The van der Waals surface area contributed by atoms with Crippen molar-refractivity contribution in [2.45, 2.75) is 12.8 Å². The van der Waals surface area contributed by atoms with Crippen LogP contribution in [-0.2, 0) is 11.2 Å². The summed E-state index contributed by atoms with van der Waals surface area (Å²) in [5, 5.41) is 19.0. The molecule has 1 aromatic carbocycles. The molecule has 1 aromatic heterocycles. The highest BCUT2D eigenvalue weighted by atomic mass is 16.4. The minimum atomic E-state index is -0.800. The van der Waals surface area contributed by atoms with Crippen LogP contribution >= 0.6 is 0 Å². The number of rotatable bonds is 3. The predicted molar refractivity (Wildman–Crippen MR) is 49.8 cm³/mol. The number of benzene rings is 1. The molecule has 2 rings (SSSR count). The van der Waals surface area contributed by atoms with Crippen molar-refractivity contribution >= 4 is 17.0 Å². The lowest BCUT2D eigenvalue weighted by atomic mass is 10.1. The quantitative estimate of drug-likeness (QED) is 0.757. The predicted octanol–water partition coefficient (Wildman–Crippen LogP) is 0.975. The van der Waals surface area contributed by atoms with Gasteiger partial charge in [0.2, 0.25) is 0 Å². The van der Waals surface area contributed by atoms with Crippen LogP contribution in [0.4, 0.5) is 0 Å². The Labute approximate surface area is 79.7 Å². The van der Waals surface area contributed by atoms with E-state index in [1.54, 1.807) is 0 Å². The molecule has 0 spiro atoms. The van der Waals surface area contributed by atoms with Crippen LogP contribution < -0.4 is 0 Å². The van der Waals surface area contributed by atoms with Crippen LogP contribution in [0, 0.1) is 0 Å². The molecule has 0 fully saturated rings. The molecule has 0 saturated carbocycles. The summed E-state index contributed by atoms with van der Waals surface area (Å²) in [5.74, 6) is -0.800. The summed E-state index contributed by atoms with van der Waals surface area (Å²) >= 11 is 0. The number of aliphatic carboxylic acids is 1. The van der Waals surface area contributed by atoms with Gasteiger partial charge in [0.15, 0.2) is 0 Å². The zero-order chi connectivity index (χ0) is 9.97. The molecule has 5 nitrogen and oxygen atoms in total. The third kappa shape index (κ3) is 1.56. The van der Waals surface area contributed by atoms with Gasteiger partial charge in [-0.2, -0.15) is 15.4 Å². The summed E-state index contributed by atoms with van der Waals surface area (Å²) in [7, 11) is 0. The molecule has 72 valence electrons. The van der Waals surface area contributed by atoms with Crippen LogP contribution in [0.2, 0.25) is 0 Å². The third-order valence-electron chi connectivity index (χ3n) is 2.04. The van der Waals surface area contributed by atoms with E-state index < -0.39 is 5.97 Å². The lowest BCUT2D eigenvalue weighted by molar-refractivity contribution is -0.136. The Hall–Kier alpha value is -1.91. The van der Waals surface area contributed by atoms with Gasteiger partial charge in [0.1, 0.15) is 11.0 Å². The fourth-order valence-corrected chi connectivity index (χ4v) is 1.37. The van der Waals surface area contributed by atoms with Gasteiger partial charge in [0.05, 0.1) is 0 Å². The third-order valence-corrected chi connectivity index (χ3v) is 2.04. The van der Waals surface area contributed by atoms with Crippen LogP contribution in [0.3, 0.4) is 0 Å². The molecule has 5 heteroatoms. The van der Waals surface area contributed by atoms with Gasteiger partial charge in [0, 0.05) is 6.42 Å². The van der Waals surface area contributed by atoms with Crippen molar-refractivity contribution in [1.82, 2.24) is 15.4 Å². The van der Waals surface area contributed by atoms with E-state index in [-0.39, 0.29) is 6.42 Å². The average molecular weight is 191 g/mol. The SMILES string of the molecule is O=C(O)CCc1cccc2n[nH]nc12. The van der Waals surface area contributed by atoms with E-state index in [2.05, 4.69) is 15.4 Å². The second-order valence-corrected chi connectivity index (χ2v) is 3.00. The van der Waals surface area contributed by atoms with E-state index in [1.807, 2.05) is 18.2 Å². The first-order valence-electron chi connectivity index (χ1n) is 4.27. The summed E-state index contributed by atoms with van der Waals surface area (Å²) in [6.07, 6.45) is 0.602. The number of fused-ring (bicyclic) bond motifs is 1. The van der Waals surface area contributed by atoms with E-state index in [4.69, 9.17) is 5.11 Å². The Morgan fingerprint density at radius 1 is 1.43 bits per heavy atom. The first-order valence-corrected chi connectivity index (χ1v) is 4.27. The Morgan fingerprint density at radius 3 is 3.07 bits per heavy atom. The van der Waals surface area contributed by atoms with Gasteiger partial charge >= 0.3 is 5.97 Å². The molecule has 2 N–H and O–H groups in total. The molecule has 0 aliphatic carbocycles. The molecule has 0 saturated heterocycles. The smallest absolute Gasteiger partial charge is 0.303 e. The van der Waals surface area contributed by atoms with Crippen LogP contribution in [-0.4, -0.2) is 26.5 Å². The van der Waals surface area contributed by atoms with E-state index in [0.717, 1.165) is 16.6 Å². The van der Waals surface area contributed by atoms with Crippen molar-refractivity contribution in [1.29, 1.82) is 0 Å². The summed E-state index contributed by atoms with van der Waals surface area (Å²) in [6.45, 7) is 0. The van der Waals surface area contributed by atoms with E-state index >= 15 is 0 Å². The topological polar surface area (TPSA) is 78.9 Å². The maximum absolute atomic E-state index is 10.4. The molecule has 0 aliphatic heterocycles. The normalized spacial score (nSPS) is 10.6. The molecule has 0 atom stereocenters. The molecule has 0 bridgehead atoms. The van der Waals surface area contributed by atoms with Gasteiger partial charge in [-0.1, -0.05) is 12.1 Å². The number of aromatic amines is 1. The summed E-state index contributed by atoms with van der Waals surface area (Å²) in [4.78, 5) is 10.4. The van der Waals surface area contributed by atoms with Crippen molar-refractivity contribution < 1.29 is 9.90 Å². The number of para-hydroxylation sites is 1.